The highest BCUT2D eigenvalue weighted by Gasteiger charge is 2.30. The van der Waals surface area contributed by atoms with Crippen LogP contribution in [0.1, 0.15) is 34.3 Å². The number of rotatable bonds is 3. The van der Waals surface area contributed by atoms with E-state index in [0.29, 0.717) is 11.1 Å². The molecule has 1 atom stereocenters. The highest BCUT2D eigenvalue weighted by molar-refractivity contribution is 6.00. The highest BCUT2D eigenvalue weighted by atomic mass is 19.4. The smallest absolute Gasteiger partial charge is 0.294 e. The Hall–Kier alpha value is -2.10. The van der Waals surface area contributed by atoms with Gasteiger partial charge in [0.15, 0.2) is 5.78 Å². The molecule has 2 aromatic rings. The van der Waals surface area contributed by atoms with E-state index < -0.39 is 17.7 Å². The van der Waals surface area contributed by atoms with Crippen molar-refractivity contribution in [1.29, 1.82) is 0 Å². The third-order valence-electron chi connectivity index (χ3n) is 3.19. The van der Waals surface area contributed by atoms with Crippen molar-refractivity contribution >= 4 is 5.78 Å². The van der Waals surface area contributed by atoms with E-state index in [1.807, 2.05) is 0 Å². The quantitative estimate of drug-likeness (QED) is 0.744. The van der Waals surface area contributed by atoms with Crippen molar-refractivity contribution in [3.63, 3.8) is 0 Å². The van der Waals surface area contributed by atoms with Gasteiger partial charge in [-0.1, -0.05) is 49.4 Å². The van der Waals surface area contributed by atoms with Gasteiger partial charge in [-0.15, -0.1) is 0 Å². The number of ketones is 1. The molecule has 0 heterocycles. The summed E-state index contributed by atoms with van der Waals surface area (Å²) in [4.78, 5) is 12.2. The van der Waals surface area contributed by atoms with Crippen LogP contribution in [0.15, 0.2) is 54.6 Å². The molecule has 2 aromatic carbocycles. The van der Waals surface area contributed by atoms with Gasteiger partial charge in [-0.3, -0.25) is 4.79 Å². The molecule has 2 rings (SSSR count). The second-order valence-corrected chi connectivity index (χ2v) is 4.57. The topological polar surface area (TPSA) is 17.1 Å². The van der Waals surface area contributed by atoms with Crippen LogP contribution in [-0.2, 0) is 6.18 Å². The number of halogens is 3. The number of Topliss-reactive ketones (excluding diaryl/α,β-unsaturated/α-hetero) is 1. The summed E-state index contributed by atoms with van der Waals surface area (Å²) in [6, 6.07) is 13.4. The number of benzene rings is 2. The average molecular weight is 278 g/mol. The van der Waals surface area contributed by atoms with Crippen molar-refractivity contribution in [3.05, 3.63) is 71.3 Å². The monoisotopic (exact) mass is 278 g/mol. The first-order valence-electron chi connectivity index (χ1n) is 6.16. The van der Waals surface area contributed by atoms with Crippen molar-refractivity contribution in [2.75, 3.05) is 0 Å². The first-order valence-corrected chi connectivity index (χ1v) is 6.16. The van der Waals surface area contributed by atoms with Crippen LogP contribution >= 0.6 is 0 Å². The molecule has 0 radical (unpaired) electrons. The number of alkyl halides is 3. The molecule has 0 saturated heterocycles. The van der Waals surface area contributed by atoms with Gasteiger partial charge in [0, 0.05) is 11.5 Å². The summed E-state index contributed by atoms with van der Waals surface area (Å²) in [5, 5.41) is 0. The Labute approximate surface area is 115 Å². The zero-order valence-electron chi connectivity index (χ0n) is 10.8. The molecule has 1 nitrogen and oxygen atoms in total. The Morgan fingerprint density at radius 3 is 2.00 bits per heavy atom. The van der Waals surface area contributed by atoms with E-state index in [-0.39, 0.29) is 5.78 Å². The van der Waals surface area contributed by atoms with E-state index in [1.165, 1.54) is 12.1 Å². The minimum absolute atomic E-state index is 0.106. The highest BCUT2D eigenvalue weighted by Crippen LogP contribution is 2.30. The van der Waals surface area contributed by atoms with Crippen LogP contribution in [0.25, 0.3) is 0 Å². The molecular weight excluding hydrogens is 265 g/mol. The van der Waals surface area contributed by atoms with Gasteiger partial charge in [-0.05, 0) is 17.7 Å². The maximum Gasteiger partial charge on any atom is 0.416 e. The van der Waals surface area contributed by atoms with Gasteiger partial charge < -0.3 is 0 Å². The molecule has 0 amide bonds. The van der Waals surface area contributed by atoms with Crippen molar-refractivity contribution in [2.45, 2.75) is 19.0 Å². The van der Waals surface area contributed by atoms with Crippen molar-refractivity contribution in [2.24, 2.45) is 0 Å². The zero-order valence-corrected chi connectivity index (χ0v) is 10.8. The lowest BCUT2D eigenvalue weighted by molar-refractivity contribution is -0.137. The Morgan fingerprint density at radius 1 is 0.950 bits per heavy atom. The Balaban J connectivity index is 2.22. The Bertz CT molecular complexity index is 585. The van der Waals surface area contributed by atoms with Gasteiger partial charge in [0.2, 0.25) is 0 Å². The summed E-state index contributed by atoms with van der Waals surface area (Å²) in [7, 11) is 0. The lowest BCUT2D eigenvalue weighted by Crippen LogP contribution is -2.10. The molecule has 1 unspecified atom stereocenters. The average Bonchev–Trinajstić information content (AvgIpc) is 2.46. The minimum atomic E-state index is -4.36. The lowest BCUT2D eigenvalue weighted by Gasteiger charge is -2.12. The van der Waals surface area contributed by atoms with Gasteiger partial charge in [0.25, 0.3) is 0 Å². The lowest BCUT2D eigenvalue weighted by atomic mass is 9.92. The third kappa shape index (κ3) is 3.07. The molecule has 0 spiro atoms. The standard InChI is InChI=1S/C16H13F3O/c1-11(15(20)13-5-3-2-4-6-13)12-7-9-14(10-8-12)16(17,18)19/h2-11H,1H3. The predicted octanol–water partition coefficient (Wildman–Crippen LogP) is 4.69. The second kappa shape index (κ2) is 5.49. The molecule has 104 valence electrons. The summed E-state index contributed by atoms with van der Waals surface area (Å²) in [5.41, 5.74) is 0.423. The Kier molecular flexibility index (Phi) is 3.93. The zero-order chi connectivity index (χ0) is 14.8. The minimum Gasteiger partial charge on any atom is -0.294 e. The molecule has 20 heavy (non-hydrogen) atoms. The van der Waals surface area contributed by atoms with Crippen molar-refractivity contribution in [1.82, 2.24) is 0 Å². The normalized spacial score (nSPS) is 13.0. The van der Waals surface area contributed by atoms with Gasteiger partial charge in [-0.2, -0.15) is 13.2 Å². The molecule has 0 aliphatic rings. The largest absolute Gasteiger partial charge is 0.416 e. The third-order valence-corrected chi connectivity index (χ3v) is 3.19. The molecule has 0 aromatic heterocycles. The fraction of sp³-hybridized carbons (Fsp3) is 0.188. The van der Waals surface area contributed by atoms with Crippen LogP contribution in [0.3, 0.4) is 0 Å². The molecular formula is C16H13F3O. The van der Waals surface area contributed by atoms with E-state index in [9.17, 15) is 18.0 Å². The fourth-order valence-electron chi connectivity index (χ4n) is 1.96. The molecule has 4 heteroatoms. The maximum atomic E-state index is 12.5. The van der Waals surface area contributed by atoms with Crippen LogP contribution in [0.2, 0.25) is 0 Å². The summed E-state index contributed by atoms with van der Waals surface area (Å²) >= 11 is 0. The number of carbonyl (C=O) groups is 1. The number of carbonyl (C=O) groups excluding carboxylic acids is 1. The molecule has 0 bridgehead atoms. The maximum absolute atomic E-state index is 12.5. The molecule has 0 N–H and O–H groups in total. The van der Waals surface area contributed by atoms with E-state index in [1.54, 1.807) is 37.3 Å². The van der Waals surface area contributed by atoms with Crippen LogP contribution in [0, 0.1) is 0 Å². The van der Waals surface area contributed by atoms with Gasteiger partial charge >= 0.3 is 6.18 Å². The molecule has 0 saturated carbocycles. The summed E-state index contributed by atoms with van der Waals surface area (Å²) in [6.45, 7) is 1.69. The van der Waals surface area contributed by atoms with E-state index in [4.69, 9.17) is 0 Å². The summed E-state index contributed by atoms with van der Waals surface area (Å²) in [5.74, 6) is -0.579. The predicted molar refractivity (Wildman–Crippen MR) is 70.6 cm³/mol. The van der Waals surface area contributed by atoms with Gasteiger partial charge in [-0.25, -0.2) is 0 Å². The fourth-order valence-corrected chi connectivity index (χ4v) is 1.96. The molecule has 0 aliphatic heterocycles. The van der Waals surface area contributed by atoms with Gasteiger partial charge in [0.1, 0.15) is 0 Å². The number of hydrogen-bond acceptors (Lipinski definition) is 1. The van der Waals surface area contributed by atoms with Crippen LogP contribution < -0.4 is 0 Å². The van der Waals surface area contributed by atoms with Crippen LogP contribution in [0.4, 0.5) is 13.2 Å². The number of hydrogen-bond donors (Lipinski definition) is 0. The molecule has 0 fully saturated rings. The SMILES string of the molecule is CC(C(=O)c1ccccc1)c1ccc(C(F)(F)F)cc1. The van der Waals surface area contributed by atoms with E-state index in [2.05, 4.69) is 0 Å². The van der Waals surface area contributed by atoms with Crippen LogP contribution in [0.5, 0.6) is 0 Å². The van der Waals surface area contributed by atoms with Gasteiger partial charge in [0.05, 0.1) is 5.56 Å². The van der Waals surface area contributed by atoms with Crippen molar-refractivity contribution < 1.29 is 18.0 Å². The van der Waals surface area contributed by atoms with Crippen molar-refractivity contribution in [3.8, 4) is 0 Å². The first kappa shape index (κ1) is 14.3. The molecule has 0 aliphatic carbocycles. The summed E-state index contributed by atoms with van der Waals surface area (Å²) < 4.78 is 37.4. The Morgan fingerprint density at radius 2 is 1.50 bits per heavy atom. The summed E-state index contributed by atoms with van der Waals surface area (Å²) in [6.07, 6.45) is -4.36. The van der Waals surface area contributed by atoms with E-state index in [0.717, 1.165) is 12.1 Å². The van der Waals surface area contributed by atoms with E-state index >= 15 is 0 Å². The van der Waals surface area contributed by atoms with Crippen LogP contribution in [-0.4, -0.2) is 5.78 Å². The second-order valence-electron chi connectivity index (χ2n) is 4.57. The first-order chi connectivity index (χ1) is 9.39.